The Bertz CT molecular complexity index is 692. The van der Waals surface area contributed by atoms with Crippen LogP contribution in [0.2, 0.25) is 0 Å². The van der Waals surface area contributed by atoms with Gasteiger partial charge in [-0.1, -0.05) is 0 Å². The van der Waals surface area contributed by atoms with Crippen LogP contribution in [0.4, 0.5) is 0 Å². The van der Waals surface area contributed by atoms with Crippen molar-refractivity contribution in [2.75, 3.05) is 59.0 Å². The molecule has 0 aromatic carbocycles. The second kappa shape index (κ2) is 8.57. The predicted octanol–water partition coefficient (Wildman–Crippen LogP) is 0.797. The van der Waals surface area contributed by atoms with Crippen molar-refractivity contribution < 1.29 is 14.3 Å². The number of aromatic nitrogens is 1. The molecule has 0 saturated carbocycles. The molecule has 7 nitrogen and oxygen atoms in total. The van der Waals surface area contributed by atoms with Gasteiger partial charge in [0.1, 0.15) is 0 Å². The number of morpholine rings is 1. The molecule has 3 aliphatic rings. The number of nitrogens with zero attached hydrogens (tertiary/aromatic N) is 4. The smallest absolute Gasteiger partial charge is 0.230 e. The molecule has 7 heteroatoms. The summed E-state index contributed by atoms with van der Waals surface area (Å²) >= 11 is 0. The molecule has 1 unspecified atom stereocenters. The van der Waals surface area contributed by atoms with Crippen molar-refractivity contribution in [3.05, 3.63) is 30.1 Å². The van der Waals surface area contributed by atoms with Gasteiger partial charge in [-0.2, -0.15) is 0 Å². The molecule has 3 aliphatic heterocycles. The monoisotopic (exact) mass is 386 g/mol. The van der Waals surface area contributed by atoms with E-state index in [0.29, 0.717) is 19.5 Å². The summed E-state index contributed by atoms with van der Waals surface area (Å²) in [4.78, 5) is 36.0. The molecule has 28 heavy (non-hydrogen) atoms. The fourth-order valence-corrected chi connectivity index (χ4v) is 4.62. The van der Waals surface area contributed by atoms with Gasteiger partial charge in [0.05, 0.1) is 18.6 Å². The molecule has 0 bridgehead atoms. The number of ether oxygens (including phenoxy) is 1. The van der Waals surface area contributed by atoms with Crippen LogP contribution in [0.15, 0.2) is 24.5 Å². The number of carbonyl (C=O) groups is 2. The van der Waals surface area contributed by atoms with Crippen LogP contribution in [0.1, 0.15) is 24.8 Å². The van der Waals surface area contributed by atoms with Crippen molar-refractivity contribution in [2.24, 2.45) is 5.41 Å². The quantitative estimate of drug-likeness (QED) is 0.724. The maximum Gasteiger partial charge on any atom is 0.230 e. The van der Waals surface area contributed by atoms with Crippen LogP contribution < -0.4 is 0 Å². The third-order valence-electron chi connectivity index (χ3n) is 6.47. The van der Waals surface area contributed by atoms with Crippen LogP contribution in [0.25, 0.3) is 0 Å². The summed E-state index contributed by atoms with van der Waals surface area (Å²) in [5.74, 6) is 0.415. The largest absolute Gasteiger partial charge is 0.379 e. The van der Waals surface area contributed by atoms with Crippen molar-refractivity contribution in [1.82, 2.24) is 19.7 Å². The van der Waals surface area contributed by atoms with E-state index in [4.69, 9.17) is 4.74 Å². The summed E-state index contributed by atoms with van der Waals surface area (Å²) in [6.07, 6.45) is 6.42. The van der Waals surface area contributed by atoms with E-state index in [-0.39, 0.29) is 17.2 Å². The van der Waals surface area contributed by atoms with Gasteiger partial charge in [-0.25, -0.2) is 0 Å². The van der Waals surface area contributed by atoms with Gasteiger partial charge in [0.2, 0.25) is 11.8 Å². The summed E-state index contributed by atoms with van der Waals surface area (Å²) < 4.78 is 5.39. The normalized spacial score (nSPS) is 25.8. The Morgan fingerprint density at radius 3 is 2.61 bits per heavy atom. The first-order valence-corrected chi connectivity index (χ1v) is 10.4. The predicted molar refractivity (Wildman–Crippen MR) is 105 cm³/mol. The SMILES string of the molecule is O=C(CCc1ccncc1)N1CCC2(CCN(CCN3CCOCC3)C2=O)C1. The molecule has 1 spiro atoms. The molecule has 3 saturated heterocycles. The number of aryl methyl sites for hydroxylation is 1. The Labute approximate surface area is 166 Å². The van der Waals surface area contributed by atoms with Crippen molar-refractivity contribution in [3.63, 3.8) is 0 Å². The summed E-state index contributed by atoms with van der Waals surface area (Å²) in [6, 6.07) is 3.90. The highest BCUT2D eigenvalue weighted by Crippen LogP contribution is 2.40. The van der Waals surface area contributed by atoms with Crippen molar-refractivity contribution in [2.45, 2.75) is 25.7 Å². The first-order chi connectivity index (χ1) is 13.7. The van der Waals surface area contributed by atoms with Crippen molar-refractivity contribution in [1.29, 1.82) is 0 Å². The lowest BCUT2D eigenvalue weighted by molar-refractivity contribution is -0.136. The van der Waals surface area contributed by atoms with Crippen LogP contribution in [0.3, 0.4) is 0 Å². The number of amides is 2. The molecule has 0 aliphatic carbocycles. The lowest BCUT2D eigenvalue weighted by Gasteiger charge is -2.29. The molecule has 152 valence electrons. The van der Waals surface area contributed by atoms with Gasteiger partial charge >= 0.3 is 0 Å². The van der Waals surface area contributed by atoms with Crippen molar-refractivity contribution >= 4 is 11.8 Å². The number of likely N-dealkylation sites (tertiary alicyclic amines) is 2. The van der Waals surface area contributed by atoms with E-state index in [2.05, 4.69) is 9.88 Å². The number of hydrogen-bond donors (Lipinski definition) is 0. The van der Waals surface area contributed by atoms with Crippen molar-refractivity contribution in [3.8, 4) is 0 Å². The Morgan fingerprint density at radius 2 is 1.82 bits per heavy atom. The minimum absolute atomic E-state index is 0.160. The number of pyridine rings is 1. The third kappa shape index (κ3) is 4.20. The number of hydrogen-bond acceptors (Lipinski definition) is 5. The average molecular weight is 386 g/mol. The molecule has 0 radical (unpaired) electrons. The highest BCUT2D eigenvalue weighted by molar-refractivity contribution is 5.87. The third-order valence-corrected chi connectivity index (χ3v) is 6.47. The molecule has 4 heterocycles. The molecule has 3 fully saturated rings. The van der Waals surface area contributed by atoms with Gasteiger partial charge < -0.3 is 14.5 Å². The Kier molecular flexibility index (Phi) is 5.92. The Morgan fingerprint density at radius 1 is 1.07 bits per heavy atom. The molecule has 2 amide bonds. The van der Waals surface area contributed by atoms with Crippen LogP contribution in [0, 0.1) is 5.41 Å². The summed E-state index contributed by atoms with van der Waals surface area (Å²) in [6.45, 7) is 7.30. The summed E-state index contributed by atoms with van der Waals surface area (Å²) in [5, 5.41) is 0. The van der Waals surface area contributed by atoms with Crippen LogP contribution in [-0.2, 0) is 20.7 Å². The lowest BCUT2D eigenvalue weighted by atomic mass is 9.85. The molecule has 0 N–H and O–H groups in total. The minimum Gasteiger partial charge on any atom is -0.379 e. The van der Waals surface area contributed by atoms with Gasteiger partial charge in [0.15, 0.2) is 0 Å². The first-order valence-electron chi connectivity index (χ1n) is 10.4. The summed E-state index contributed by atoms with van der Waals surface area (Å²) in [5.41, 5.74) is 0.792. The molecular weight excluding hydrogens is 356 g/mol. The average Bonchev–Trinajstić information content (AvgIpc) is 3.31. The fourth-order valence-electron chi connectivity index (χ4n) is 4.62. The van der Waals surface area contributed by atoms with Crippen LogP contribution in [0.5, 0.6) is 0 Å². The highest BCUT2D eigenvalue weighted by atomic mass is 16.5. The maximum atomic E-state index is 13.1. The van der Waals surface area contributed by atoms with E-state index in [9.17, 15) is 9.59 Å². The van der Waals surface area contributed by atoms with Gasteiger partial charge in [-0.15, -0.1) is 0 Å². The van der Waals surface area contributed by atoms with E-state index in [1.54, 1.807) is 12.4 Å². The summed E-state index contributed by atoms with van der Waals surface area (Å²) in [7, 11) is 0. The fraction of sp³-hybridized carbons (Fsp3) is 0.667. The zero-order chi connectivity index (χ0) is 19.4. The van der Waals surface area contributed by atoms with E-state index in [1.807, 2.05) is 21.9 Å². The van der Waals surface area contributed by atoms with E-state index in [0.717, 1.165) is 70.8 Å². The molecule has 1 aromatic heterocycles. The highest BCUT2D eigenvalue weighted by Gasteiger charge is 2.51. The molecule has 1 aromatic rings. The second-order valence-corrected chi connectivity index (χ2v) is 8.20. The van der Waals surface area contributed by atoms with Crippen LogP contribution >= 0.6 is 0 Å². The second-order valence-electron chi connectivity index (χ2n) is 8.20. The van der Waals surface area contributed by atoms with Crippen LogP contribution in [-0.4, -0.2) is 90.5 Å². The van der Waals surface area contributed by atoms with E-state index in [1.165, 1.54) is 0 Å². The van der Waals surface area contributed by atoms with Gasteiger partial charge in [0.25, 0.3) is 0 Å². The maximum absolute atomic E-state index is 13.1. The zero-order valence-corrected chi connectivity index (χ0v) is 16.5. The minimum atomic E-state index is -0.336. The number of carbonyl (C=O) groups excluding carboxylic acids is 2. The molecule has 4 rings (SSSR count). The number of rotatable bonds is 6. The first kappa shape index (κ1) is 19.3. The van der Waals surface area contributed by atoms with E-state index >= 15 is 0 Å². The topological polar surface area (TPSA) is 66.0 Å². The van der Waals surface area contributed by atoms with Gasteiger partial charge in [-0.05, 0) is 37.0 Å². The Hall–Kier alpha value is -1.99. The Balaban J connectivity index is 1.26. The van der Waals surface area contributed by atoms with Gasteiger partial charge in [0, 0.05) is 64.6 Å². The lowest BCUT2D eigenvalue weighted by Crippen LogP contribution is -2.43. The molecular formula is C21H30N4O3. The zero-order valence-electron chi connectivity index (χ0n) is 16.5. The van der Waals surface area contributed by atoms with Gasteiger partial charge in [-0.3, -0.25) is 19.5 Å². The van der Waals surface area contributed by atoms with E-state index < -0.39 is 0 Å². The molecule has 1 atom stereocenters. The standard InChI is InChI=1S/C21H30N4O3/c26-19(2-1-18-3-7-22-8-4-18)25-10-6-21(17-25)5-9-24(20(21)27)12-11-23-13-15-28-16-14-23/h3-4,7-8H,1-2,5-6,9-17H2.